The number of hydrogen-bond donors (Lipinski definition) is 0. The molecule has 1 aromatic rings. The van der Waals surface area contributed by atoms with Gasteiger partial charge in [-0.05, 0) is 63.8 Å². The van der Waals surface area contributed by atoms with Crippen molar-refractivity contribution in [2.24, 2.45) is 0 Å². The van der Waals surface area contributed by atoms with Gasteiger partial charge in [0.2, 0.25) is 0 Å². The van der Waals surface area contributed by atoms with E-state index < -0.39 is 5.41 Å². The normalized spacial score (nSPS) is 11.4. The first-order valence-corrected chi connectivity index (χ1v) is 6.06. The van der Waals surface area contributed by atoms with Gasteiger partial charge in [0.25, 0.3) is 0 Å². The summed E-state index contributed by atoms with van der Waals surface area (Å²) in [7, 11) is 0. The first-order chi connectivity index (χ1) is 7.80. The fraction of sp³-hybridized carbons (Fsp3) is 0.533. The molecule has 0 aliphatic carbocycles. The fourth-order valence-electron chi connectivity index (χ4n) is 2.06. The van der Waals surface area contributed by atoms with E-state index in [4.69, 9.17) is 4.74 Å². The third kappa shape index (κ3) is 2.68. The van der Waals surface area contributed by atoms with Gasteiger partial charge in [0.05, 0.1) is 12.0 Å². The molecule has 0 unspecified atom stereocenters. The molecule has 0 radical (unpaired) electrons. The Bertz CT molecular complexity index is 431. The molecule has 1 aromatic carbocycles. The highest BCUT2D eigenvalue weighted by Gasteiger charge is 2.32. The molecule has 0 saturated heterocycles. The van der Waals surface area contributed by atoms with Crippen LogP contribution in [0, 0.1) is 20.8 Å². The smallest absolute Gasteiger partial charge is 0.315 e. The van der Waals surface area contributed by atoms with Crippen molar-refractivity contribution in [1.29, 1.82) is 0 Å². The number of carbonyl (C=O) groups excluding carboxylic acids is 1. The largest absolute Gasteiger partial charge is 0.465 e. The van der Waals surface area contributed by atoms with Crippen LogP contribution in [0.2, 0.25) is 0 Å². The Balaban J connectivity index is 3.23. The van der Waals surface area contributed by atoms with Crippen molar-refractivity contribution in [1.82, 2.24) is 0 Å². The van der Waals surface area contributed by atoms with Crippen molar-refractivity contribution < 1.29 is 9.53 Å². The minimum absolute atomic E-state index is 0.161. The molecule has 0 aliphatic rings. The molecule has 0 amide bonds. The zero-order chi connectivity index (χ0) is 13.2. The maximum absolute atomic E-state index is 12.0. The van der Waals surface area contributed by atoms with E-state index in [9.17, 15) is 4.79 Å². The second-order valence-corrected chi connectivity index (χ2v) is 5.10. The van der Waals surface area contributed by atoms with E-state index in [-0.39, 0.29) is 5.97 Å². The lowest BCUT2D eigenvalue weighted by molar-refractivity contribution is -0.148. The van der Waals surface area contributed by atoms with Crippen LogP contribution in [0.4, 0.5) is 0 Å². The summed E-state index contributed by atoms with van der Waals surface area (Å²) in [5.74, 6) is -0.161. The minimum atomic E-state index is -0.585. The lowest BCUT2D eigenvalue weighted by atomic mass is 9.80. The number of esters is 1. The number of hydrogen-bond acceptors (Lipinski definition) is 2. The van der Waals surface area contributed by atoms with Crippen molar-refractivity contribution in [3.63, 3.8) is 0 Å². The Kier molecular flexibility index (Phi) is 3.97. The quantitative estimate of drug-likeness (QED) is 0.749. The fourth-order valence-corrected chi connectivity index (χ4v) is 2.06. The standard InChI is InChI=1S/C15H22O2/c1-7-17-14(16)15(5,6)13-9-11(3)10(2)8-12(13)4/h8-9H,7H2,1-6H3. The number of ether oxygens (including phenoxy) is 1. The molecule has 1 rings (SSSR count). The predicted octanol–water partition coefficient (Wildman–Crippen LogP) is 3.45. The van der Waals surface area contributed by atoms with E-state index in [2.05, 4.69) is 26.0 Å². The minimum Gasteiger partial charge on any atom is -0.465 e. The summed E-state index contributed by atoms with van der Waals surface area (Å²) in [4.78, 5) is 12.0. The molecular weight excluding hydrogens is 212 g/mol. The van der Waals surface area contributed by atoms with Crippen LogP contribution in [-0.2, 0) is 14.9 Å². The van der Waals surface area contributed by atoms with Gasteiger partial charge in [0.1, 0.15) is 0 Å². The summed E-state index contributed by atoms with van der Waals surface area (Å²) in [6.45, 7) is 12.3. The van der Waals surface area contributed by atoms with Gasteiger partial charge >= 0.3 is 5.97 Å². The third-order valence-corrected chi connectivity index (χ3v) is 3.30. The molecule has 0 atom stereocenters. The van der Waals surface area contributed by atoms with E-state index in [0.29, 0.717) is 6.61 Å². The third-order valence-electron chi connectivity index (χ3n) is 3.30. The first kappa shape index (κ1) is 13.8. The number of benzene rings is 1. The van der Waals surface area contributed by atoms with Crippen molar-refractivity contribution in [3.8, 4) is 0 Å². The summed E-state index contributed by atoms with van der Waals surface area (Å²) >= 11 is 0. The molecule has 2 heteroatoms. The van der Waals surface area contributed by atoms with Crippen LogP contribution in [0.5, 0.6) is 0 Å². The van der Waals surface area contributed by atoms with Crippen LogP contribution < -0.4 is 0 Å². The van der Waals surface area contributed by atoms with E-state index in [1.165, 1.54) is 11.1 Å². The zero-order valence-electron chi connectivity index (χ0n) is 11.7. The number of rotatable bonds is 3. The molecule has 0 aliphatic heterocycles. The Morgan fingerprint density at radius 3 is 2.18 bits per heavy atom. The molecule has 0 N–H and O–H groups in total. The highest BCUT2D eigenvalue weighted by atomic mass is 16.5. The molecular formula is C15H22O2. The summed E-state index contributed by atoms with van der Waals surface area (Å²) in [5, 5.41) is 0. The van der Waals surface area contributed by atoms with Gasteiger partial charge in [-0.1, -0.05) is 12.1 Å². The summed E-state index contributed by atoms with van der Waals surface area (Å²) < 4.78 is 5.15. The Morgan fingerprint density at radius 2 is 1.65 bits per heavy atom. The zero-order valence-corrected chi connectivity index (χ0v) is 11.7. The van der Waals surface area contributed by atoms with E-state index >= 15 is 0 Å². The molecule has 0 saturated carbocycles. The highest BCUT2D eigenvalue weighted by molar-refractivity contribution is 5.82. The van der Waals surface area contributed by atoms with Crippen LogP contribution in [0.25, 0.3) is 0 Å². The molecule has 2 nitrogen and oxygen atoms in total. The SMILES string of the molecule is CCOC(=O)C(C)(C)c1cc(C)c(C)cc1C. The maximum atomic E-state index is 12.0. The lowest BCUT2D eigenvalue weighted by Crippen LogP contribution is -2.32. The topological polar surface area (TPSA) is 26.3 Å². The van der Waals surface area contributed by atoms with Crippen molar-refractivity contribution in [3.05, 3.63) is 34.4 Å². The van der Waals surface area contributed by atoms with Gasteiger partial charge < -0.3 is 4.74 Å². The average Bonchev–Trinajstić information content (AvgIpc) is 2.23. The second kappa shape index (κ2) is 4.91. The Labute approximate surface area is 104 Å². The van der Waals surface area contributed by atoms with Crippen LogP contribution >= 0.6 is 0 Å². The van der Waals surface area contributed by atoms with Gasteiger partial charge in [-0.15, -0.1) is 0 Å². The summed E-state index contributed by atoms with van der Waals surface area (Å²) in [6, 6.07) is 4.23. The van der Waals surface area contributed by atoms with Crippen LogP contribution in [0.3, 0.4) is 0 Å². The molecule has 0 aromatic heterocycles. The highest BCUT2D eigenvalue weighted by Crippen LogP contribution is 2.29. The van der Waals surface area contributed by atoms with E-state index in [1.807, 2.05) is 27.7 Å². The van der Waals surface area contributed by atoms with E-state index in [1.54, 1.807) is 0 Å². The summed E-state index contributed by atoms with van der Waals surface area (Å²) in [5.41, 5.74) is 4.08. The molecule has 0 fully saturated rings. The van der Waals surface area contributed by atoms with Gasteiger partial charge in [0, 0.05) is 0 Å². The predicted molar refractivity (Wildman–Crippen MR) is 70.3 cm³/mol. The monoisotopic (exact) mass is 234 g/mol. The number of carbonyl (C=O) groups is 1. The Hall–Kier alpha value is -1.31. The average molecular weight is 234 g/mol. The molecule has 94 valence electrons. The van der Waals surface area contributed by atoms with Gasteiger partial charge in [0.15, 0.2) is 0 Å². The molecule has 17 heavy (non-hydrogen) atoms. The van der Waals surface area contributed by atoms with Crippen molar-refractivity contribution in [2.75, 3.05) is 6.61 Å². The molecule has 0 bridgehead atoms. The van der Waals surface area contributed by atoms with Crippen LogP contribution in [0.15, 0.2) is 12.1 Å². The van der Waals surface area contributed by atoms with Crippen LogP contribution in [0.1, 0.15) is 43.0 Å². The Morgan fingerprint density at radius 1 is 1.12 bits per heavy atom. The second-order valence-electron chi connectivity index (χ2n) is 5.10. The van der Waals surface area contributed by atoms with Crippen molar-refractivity contribution >= 4 is 5.97 Å². The molecule has 0 heterocycles. The summed E-state index contributed by atoms with van der Waals surface area (Å²) in [6.07, 6.45) is 0. The van der Waals surface area contributed by atoms with Gasteiger partial charge in [-0.3, -0.25) is 4.79 Å². The van der Waals surface area contributed by atoms with Crippen molar-refractivity contribution in [2.45, 2.75) is 47.0 Å². The van der Waals surface area contributed by atoms with Gasteiger partial charge in [-0.2, -0.15) is 0 Å². The van der Waals surface area contributed by atoms with Crippen LogP contribution in [-0.4, -0.2) is 12.6 Å². The van der Waals surface area contributed by atoms with Gasteiger partial charge in [-0.25, -0.2) is 0 Å². The molecule has 0 spiro atoms. The lowest BCUT2D eigenvalue weighted by Gasteiger charge is -2.25. The van der Waals surface area contributed by atoms with E-state index in [0.717, 1.165) is 11.1 Å². The number of aryl methyl sites for hydroxylation is 3. The maximum Gasteiger partial charge on any atom is 0.315 e. The first-order valence-electron chi connectivity index (χ1n) is 6.06.